The van der Waals surface area contributed by atoms with E-state index in [1.165, 1.54) is 4.88 Å². The van der Waals surface area contributed by atoms with Crippen molar-refractivity contribution in [3.8, 4) is 22.8 Å². The number of aryl methyl sites for hydroxylation is 1. The van der Waals surface area contributed by atoms with Gasteiger partial charge in [-0.3, -0.25) is 9.48 Å². The van der Waals surface area contributed by atoms with Crippen molar-refractivity contribution in [1.82, 2.24) is 14.7 Å². The van der Waals surface area contributed by atoms with E-state index < -0.39 is 0 Å². The minimum absolute atomic E-state index is 0.0344. The molecule has 0 aliphatic heterocycles. The second-order valence-corrected chi connectivity index (χ2v) is 8.20. The molecule has 0 radical (unpaired) electrons. The molecule has 0 N–H and O–H groups in total. The Morgan fingerprint density at radius 1 is 1.24 bits per heavy atom. The standard InChI is InChI=1S/C22H25N3O3S/c1-24-20(14-19(23-24)18-13-16(27-2)8-9-21(18)28-3)22(26)25(15-6-7-15)11-10-17-5-4-12-29-17/h4-5,8-9,12-15H,6-7,10-11H2,1-3H3. The molecule has 0 saturated heterocycles. The highest BCUT2D eigenvalue weighted by atomic mass is 32.1. The number of benzene rings is 1. The maximum Gasteiger partial charge on any atom is 0.272 e. The number of ether oxygens (including phenoxy) is 2. The molecule has 6 nitrogen and oxygen atoms in total. The smallest absolute Gasteiger partial charge is 0.272 e. The van der Waals surface area contributed by atoms with Crippen LogP contribution in [0.2, 0.25) is 0 Å². The van der Waals surface area contributed by atoms with Crippen molar-refractivity contribution in [3.63, 3.8) is 0 Å². The molecule has 0 unspecified atom stereocenters. The van der Waals surface area contributed by atoms with Gasteiger partial charge < -0.3 is 14.4 Å². The number of hydrogen-bond donors (Lipinski definition) is 0. The van der Waals surface area contributed by atoms with Crippen LogP contribution in [0.15, 0.2) is 41.8 Å². The van der Waals surface area contributed by atoms with Gasteiger partial charge in [-0.2, -0.15) is 5.10 Å². The number of hydrogen-bond acceptors (Lipinski definition) is 5. The van der Waals surface area contributed by atoms with Crippen LogP contribution in [0.4, 0.5) is 0 Å². The van der Waals surface area contributed by atoms with Crippen LogP contribution in [0.1, 0.15) is 28.2 Å². The topological polar surface area (TPSA) is 56.6 Å². The molecule has 0 spiro atoms. The molecule has 4 rings (SSSR count). The first kappa shape index (κ1) is 19.5. The van der Waals surface area contributed by atoms with E-state index >= 15 is 0 Å². The minimum atomic E-state index is 0.0344. The lowest BCUT2D eigenvalue weighted by molar-refractivity contribution is 0.0734. The van der Waals surface area contributed by atoms with E-state index in [2.05, 4.69) is 22.6 Å². The van der Waals surface area contributed by atoms with Gasteiger partial charge in [-0.1, -0.05) is 6.07 Å². The molecule has 7 heteroatoms. The Labute approximate surface area is 174 Å². The second-order valence-electron chi connectivity index (χ2n) is 7.16. The molecule has 1 aromatic carbocycles. The summed E-state index contributed by atoms with van der Waals surface area (Å²) in [5.74, 6) is 1.45. The third-order valence-electron chi connectivity index (χ3n) is 5.21. The molecule has 1 fully saturated rings. The lowest BCUT2D eigenvalue weighted by atomic mass is 10.1. The van der Waals surface area contributed by atoms with Gasteiger partial charge in [0, 0.05) is 30.1 Å². The second kappa shape index (κ2) is 8.29. The van der Waals surface area contributed by atoms with Gasteiger partial charge in [-0.05, 0) is 55.0 Å². The van der Waals surface area contributed by atoms with Gasteiger partial charge in [0.1, 0.15) is 17.2 Å². The Bertz CT molecular complexity index is 993. The predicted molar refractivity (Wildman–Crippen MR) is 114 cm³/mol. The van der Waals surface area contributed by atoms with E-state index in [0.717, 1.165) is 37.1 Å². The van der Waals surface area contributed by atoms with E-state index in [1.54, 1.807) is 30.2 Å². The Kier molecular flexibility index (Phi) is 5.58. The Balaban J connectivity index is 1.60. The van der Waals surface area contributed by atoms with Crippen molar-refractivity contribution in [2.24, 2.45) is 7.05 Å². The van der Waals surface area contributed by atoms with Gasteiger partial charge >= 0.3 is 0 Å². The normalized spacial score (nSPS) is 13.3. The molecule has 152 valence electrons. The zero-order valence-corrected chi connectivity index (χ0v) is 17.7. The number of nitrogens with zero attached hydrogens (tertiary/aromatic N) is 3. The average molecular weight is 412 g/mol. The van der Waals surface area contributed by atoms with Crippen LogP contribution < -0.4 is 9.47 Å². The molecule has 1 aliphatic rings. The van der Waals surface area contributed by atoms with Crippen LogP contribution in [0, 0.1) is 0 Å². The SMILES string of the molecule is COc1ccc(OC)c(-c2cc(C(=O)N(CCc3cccs3)C3CC3)n(C)n2)c1. The van der Waals surface area contributed by atoms with Gasteiger partial charge in [0.2, 0.25) is 0 Å². The van der Waals surface area contributed by atoms with Crippen LogP contribution in [0.25, 0.3) is 11.3 Å². The lowest BCUT2D eigenvalue weighted by Crippen LogP contribution is -2.36. The zero-order valence-electron chi connectivity index (χ0n) is 16.9. The van der Waals surface area contributed by atoms with Crippen molar-refractivity contribution in [2.75, 3.05) is 20.8 Å². The monoisotopic (exact) mass is 411 g/mol. The van der Waals surface area contributed by atoms with Gasteiger partial charge in [-0.15, -0.1) is 11.3 Å². The summed E-state index contributed by atoms with van der Waals surface area (Å²) >= 11 is 1.74. The first-order valence-corrected chi connectivity index (χ1v) is 10.6. The maximum atomic E-state index is 13.3. The highest BCUT2D eigenvalue weighted by Gasteiger charge is 2.34. The summed E-state index contributed by atoms with van der Waals surface area (Å²) in [6, 6.07) is 11.9. The summed E-state index contributed by atoms with van der Waals surface area (Å²) in [4.78, 5) is 16.6. The van der Waals surface area contributed by atoms with Crippen LogP contribution in [0.3, 0.4) is 0 Å². The largest absolute Gasteiger partial charge is 0.497 e. The molecule has 29 heavy (non-hydrogen) atoms. The number of carbonyl (C=O) groups excluding carboxylic acids is 1. The van der Waals surface area contributed by atoms with E-state index in [-0.39, 0.29) is 5.91 Å². The van der Waals surface area contributed by atoms with E-state index in [0.29, 0.717) is 23.2 Å². The zero-order chi connectivity index (χ0) is 20.4. The van der Waals surface area contributed by atoms with Crippen molar-refractivity contribution >= 4 is 17.2 Å². The number of methoxy groups -OCH3 is 2. The first-order chi connectivity index (χ1) is 14.1. The van der Waals surface area contributed by atoms with Crippen molar-refractivity contribution in [1.29, 1.82) is 0 Å². The third kappa shape index (κ3) is 4.15. The summed E-state index contributed by atoms with van der Waals surface area (Å²) in [5, 5.41) is 6.67. The van der Waals surface area contributed by atoms with Gasteiger partial charge in [-0.25, -0.2) is 0 Å². The summed E-state index contributed by atoms with van der Waals surface area (Å²) in [6.45, 7) is 0.729. The number of thiophene rings is 1. The van der Waals surface area contributed by atoms with Crippen molar-refractivity contribution in [2.45, 2.75) is 25.3 Å². The quantitative estimate of drug-likeness (QED) is 0.562. The number of carbonyl (C=O) groups is 1. The first-order valence-electron chi connectivity index (χ1n) is 9.70. The van der Waals surface area contributed by atoms with E-state index in [9.17, 15) is 4.79 Å². The van der Waals surface area contributed by atoms with Gasteiger partial charge in [0.15, 0.2) is 0 Å². The van der Waals surface area contributed by atoms with Crippen molar-refractivity contribution < 1.29 is 14.3 Å². The maximum absolute atomic E-state index is 13.3. The summed E-state index contributed by atoms with van der Waals surface area (Å²) in [6.07, 6.45) is 3.03. The summed E-state index contributed by atoms with van der Waals surface area (Å²) in [5.41, 5.74) is 2.08. The molecule has 0 atom stereocenters. The van der Waals surface area contributed by atoms with Gasteiger partial charge in [0.05, 0.1) is 19.9 Å². The van der Waals surface area contributed by atoms with Crippen LogP contribution in [0.5, 0.6) is 11.5 Å². The van der Waals surface area contributed by atoms with Crippen LogP contribution in [-0.2, 0) is 13.5 Å². The Morgan fingerprint density at radius 3 is 2.72 bits per heavy atom. The summed E-state index contributed by atoms with van der Waals surface area (Å²) < 4.78 is 12.5. The Hall–Kier alpha value is -2.80. The number of amides is 1. The minimum Gasteiger partial charge on any atom is -0.497 e. The molecule has 2 heterocycles. The van der Waals surface area contributed by atoms with Crippen molar-refractivity contribution in [3.05, 3.63) is 52.3 Å². The predicted octanol–water partition coefficient (Wildman–Crippen LogP) is 4.01. The Morgan fingerprint density at radius 2 is 2.07 bits per heavy atom. The molecule has 3 aromatic rings. The van der Waals surface area contributed by atoms with E-state index in [1.807, 2.05) is 36.2 Å². The molecule has 1 saturated carbocycles. The fourth-order valence-corrected chi connectivity index (χ4v) is 4.18. The molecular weight excluding hydrogens is 386 g/mol. The fourth-order valence-electron chi connectivity index (χ4n) is 3.48. The molecule has 2 aromatic heterocycles. The van der Waals surface area contributed by atoms with Gasteiger partial charge in [0.25, 0.3) is 5.91 Å². The van der Waals surface area contributed by atoms with Crippen LogP contribution >= 0.6 is 11.3 Å². The fraction of sp³-hybridized carbons (Fsp3) is 0.364. The van der Waals surface area contributed by atoms with Crippen LogP contribution in [-0.4, -0.2) is 47.4 Å². The number of aromatic nitrogens is 2. The molecule has 0 bridgehead atoms. The third-order valence-corrected chi connectivity index (χ3v) is 6.15. The number of rotatable bonds is 8. The molecular formula is C22H25N3O3S. The highest BCUT2D eigenvalue weighted by Crippen LogP contribution is 2.34. The van der Waals surface area contributed by atoms with E-state index in [4.69, 9.17) is 9.47 Å². The highest BCUT2D eigenvalue weighted by molar-refractivity contribution is 7.09. The molecule has 1 aliphatic carbocycles. The lowest BCUT2D eigenvalue weighted by Gasteiger charge is -2.22. The average Bonchev–Trinajstić information content (AvgIpc) is 3.29. The summed E-state index contributed by atoms with van der Waals surface area (Å²) in [7, 11) is 5.06. The molecule has 1 amide bonds.